The number of amides is 7. The van der Waals surface area contributed by atoms with Gasteiger partial charge in [-0.05, 0) is 31.9 Å². The number of ether oxygens (including phenoxy) is 3. The van der Waals surface area contributed by atoms with Crippen molar-refractivity contribution in [3.63, 3.8) is 0 Å². The molecule has 0 saturated carbocycles. The zero-order valence-electron chi connectivity index (χ0n) is 29.5. The minimum Gasteiger partial charge on any atom is -0.491 e. The average molecular weight is 717 g/mol. The highest BCUT2D eigenvalue weighted by atomic mass is 16.6. The maximum Gasteiger partial charge on any atom is 0.407 e. The summed E-state index contributed by atoms with van der Waals surface area (Å²) in [5.74, 6) is -2.92. The molecule has 2 rings (SSSR count). The van der Waals surface area contributed by atoms with E-state index in [1.54, 1.807) is 25.1 Å². The number of alkyl carbamates (subject to hydrolysis) is 1. The van der Waals surface area contributed by atoms with Crippen molar-refractivity contribution in [1.82, 2.24) is 26.2 Å². The van der Waals surface area contributed by atoms with Gasteiger partial charge in [-0.25, -0.2) is 4.79 Å². The van der Waals surface area contributed by atoms with Crippen molar-refractivity contribution in [1.29, 1.82) is 0 Å². The molecule has 1 heterocycles. The molecule has 1 aromatic rings. The van der Waals surface area contributed by atoms with Gasteiger partial charge in [-0.2, -0.15) is 0 Å². The first kappa shape index (κ1) is 41.8. The number of hydrogen-bond acceptors (Lipinski definition) is 11. The van der Waals surface area contributed by atoms with Crippen LogP contribution >= 0.6 is 0 Å². The third-order valence-corrected chi connectivity index (χ3v) is 7.49. The SMILES string of the molecule is CNC(=O)OCc1ccc(NC(=O)[C@H](CCCCNC(C)=O)CC(=O)[C@H](C)NC(C)=O)cc1OCCOCCNC(=O)CCN1C(=O)C=CC1=O. The van der Waals surface area contributed by atoms with Crippen LogP contribution in [0, 0.1) is 5.92 Å². The monoisotopic (exact) mass is 716 g/mol. The van der Waals surface area contributed by atoms with Gasteiger partial charge in [0.1, 0.15) is 19.0 Å². The summed E-state index contributed by atoms with van der Waals surface area (Å²) < 4.78 is 16.6. The van der Waals surface area contributed by atoms with Crippen LogP contribution in [0.5, 0.6) is 5.75 Å². The zero-order chi connectivity index (χ0) is 37.8. The summed E-state index contributed by atoms with van der Waals surface area (Å²) in [5, 5.41) is 13.1. The molecule has 0 aliphatic carbocycles. The van der Waals surface area contributed by atoms with Crippen LogP contribution in [-0.2, 0) is 49.6 Å². The minimum absolute atomic E-state index is 0.0206. The summed E-state index contributed by atoms with van der Waals surface area (Å²) in [6.07, 6.45) is 3.03. The smallest absolute Gasteiger partial charge is 0.407 e. The zero-order valence-corrected chi connectivity index (χ0v) is 29.5. The first-order chi connectivity index (χ1) is 24.3. The number of unbranched alkanes of at least 4 members (excludes halogenated alkanes) is 1. The maximum absolute atomic E-state index is 13.4. The lowest BCUT2D eigenvalue weighted by Crippen LogP contribution is -2.39. The van der Waals surface area contributed by atoms with Crippen LogP contribution in [0.4, 0.5) is 10.5 Å². The van der Waals surface area contributed by atoms with Gasteiger partial charge in [0.05, 0.1) is 19.3 Å². The number of nitrogens with zero attached hydrogens (tertiary/aromatic N) is 1. The molecule has 0 spiro atoms. The third-order valence-electron chi connectivity index (χ3n) is 7.49. The first-order valence-electron chi connectivity index (χ1n) is 16.6. The van der Waals surface area contributed by atoms with Crippen LogP contribution in [0.25, 0.3) is 0 Å². The number of benzene rings is 1. The Bertz CT molecular complexity index is 1430. The molecule has 5 N–H and O–H groups in total. The molecule has 0 unspecified atom stereocenters. The minimum atomic E-state index is -0.772. The van der Waals surface area contributed by atoms with Gasteiger partial charge in [-0.1, -0.05) is 6.42 Å². The molecule has 280 valence electrons. The normalized spacial score (nSPS) is 13.2. The third kappa shape index (κ3) is 16.3. The second kappa shape index (κ2) is 22.4. The van der Waals surface area contributed by atoms with Crippen LogP contribution in [0.15, 0.2) is 30.4 Å². The van der Waals surface area contributed by atoms with E-state index in [0.29, 0.717) is 42.8 Å². The number of Topliss-reactive ketones (excluding diaryl/α,β-unsaturated/α-hetero) is 1. The van der Waals surface area contributed by atoms with E-state index in [-0.39, 0.29) is 75.9 Å². The fraction of sp³-hybridized carbons (Fsp3) is 0.529. The Morgan fingerprint density at radius 2 is 1.61 bits per heavy atom. The van der Waals surface area contributed by atoms with Crippen molar-refractivity contribution < 1.29 is 52.6 Å². The molecular weight excluding hydrogens is 668 g/mol. The lowest BCUT2D eigenvalue weighted by atomic mass is 9.92. The number of carbonyl (C=O) groups is 8. The standard InChI is InChI=1S/C34H48N6O11/c1-22(38-24(3)42)28(43)19-25(7-5-6-13-36-23(2)41)33(47)39-27-9-8-26(21-51-34(48)35-4)29(20-27)50-18-17-49-16-14-37-30(44)12-15-40-31(45)10-11-32(40)46/h8-11,20,22,25H,5-7,12-19,21H2,1-4H3,(H,35,48)(H,36,41)(H,37,44)(H,38,42)(H,39,47)/t22-,25+/m0/s1. The predicted molar refractivity (Wildman–Crippen MR) is 183 cm³/mol. The molecule has 7 amide bonds. The van der Waals surface area contributed by atoms with Gasteiger partial charge in [-0.3, -0.25) is 38.5 Å². The van der Waals surface area contributed by atoms with Gasteiger partial charge in [0.15, 0.2) is 5.78 Å². The Kier molecular flexibility index (Phi) is 18.4. The molecule has 51 heavy (non-hydrogen) atoms. The Morgan fingerprint density at radius 1 is 0.882 bits per heavy atom. The highest BCUT2D eigenvalue weighted by molar-refractivity contribution is 6.13. The van der Waals surface area contributed by atoms with Gasteiger partial charge in [-0.15, -0.1) is 0 Å². The van der Waals surface area contributed by atoms with Crippen molar-refractivity contribution in [2.24, 2.45) is 5.92 Å². The summed E-state index contributed by atoms with van der Waals surface area (Å²) in [4.78, 5) is 96.8. The van der Waals surface area contributed by atoms with Crippen LogP contribution in [0.2, 0.25) is 0 Å². The summed E-state index contributed by atoms with van der Waals surface area (Å²) in [5.41, 5.74) is 0.865. The van der Waals surface area contributed by atoms with E-state index in [9.17, 15) is 38.4 Å². The highest BCUT2D eigenvalue weighted by Crippen LogP contribution is 2.26. The molecule has 0 fully saturated rings. The molecule has 17 heteroatoms. The number of carbonyl (C=O) groups excluding carboxylic acids is 8. The summed E-state index contributed by atoms with van der Waals surface area (Å²) in [7, 11) is 1.42. The number of nitrogens with one attached hydrogen (secondary N) is 5. The van der Waals surface area contributed by atoms with Crippen molar-refractivity contribution in [2.45, 2.75) is 65.5 Å². The fourth-order valence-electron chi connectivity index (χ4n) is 4.79. The summed E-state index contributed by atoms with van der Waals surface area (Å²) >= 11 is 0. The number of anilines is 1. The van der Waals surface area contributed by atoms with E-state index < -0.39 is 35.8 Å². The number of ketones is 1. The molecule has 1 aliphatic rings. The molecule has 0 bridgehead atoms. The predicted octanol–water partition coefficient (Wildman–Crippen LogP) is 0.714. The lowest BCUT2D eigenvalue weighted by Gasteiger charge is -2.20. The van der Waals surface area contributed by atoms with E-state index in [2.05, 4.69) is 26.6 Å². The topological polar surface area (TPSA) is 228 Å². The van der Waals surface area contributed by atoms with E-state index in [4.69, 9.17) is 14.2 Å². The Hall–Kier alpha value is -5.32. The Balaban J connectivity index is 1.97. The van der Waals surface area contributed by atoms with Crippen molar-refractivity contribution in [3.05, 3.63) is 35.9 Å². The molecular formula is C34H48N6O11. The van der Waals surface area contributed by atoms with Gasteiger partial charge in [0.25, 0.3) is 11.8 Å². The molecule has 0 saturated heterocycles. The second-order valence-corrected chi connectivity index (χ2v) is 11.6. The lowest BCUT2D eigenvalue weighted by molar-refractivity contribution is -0.137. The second-order valence-electron chi connectivity index (χ2n) is 11.6. The maximum atomic E-state index is 13.4. The molecule has 2 atom stereocenters. The fourth-order valence-corrected chi connectivity index (χ4v) is 4.79. The van der Waals surface area contributed by atoms with Crippen LogP contribution < -0.4 is 31.3 Å². The van der Waals surface area contributed by atoms with Crippen molar-refractivity contribution >= 4 is 53.0 Å². The van der Waals surface area contributed by atoms with Gasteiger partial charge >= 0.3 is 6.09 Å². The molecule has 0 radical (unpaired) electrons. The van der Waals surface area contributed by atoms with Gasteiger partial charge < -0.3 is 40.8 Å². The largest absolute Gasteiger partial charge is 0.491 e. The summed E-state index contributed by atoms with van der Waals surface area (Å²) in [6.45, 7) is 5.09. The number of imide groups is 1. The van der Waals surface area contributed by atoms with E-state index in [1.165, 1.54) is 20.9 Å². The average Bonchev–Trinajstić information content (AvgIpc) is 3.40. The molecule has 17 nitrogen and oxygen atoms in total. The Labute approximate surface area is 296 Å². The number of rotatable bonds is 23. The quantitative estimate of drug-likeness (QED) is 0.0783. The van der Waals surface area contributed by atoms with Crippen LogP contribution in [0.3, 0.4) is 0 Å². The Morgan fingerprint density at radius 3 is 2.27 bits per heavy atom. The van der Waals surface area contributed by atoms with E-state index >= 15 is 0 Å². The van der Waals surface area contributed by atoms with Crippen LogP contribution in [-0.4, -0.2) is 105 Å². The number of hydrogen-bond donors (Lipinski definition) is 5. The highest BCUT2D eigenvalue weighted by Gasteiger charge is 2.26. The molecule has 1 aromatic carbocycles. The molecule has 1 aliphatic heterocycles. The summed E-state index contributed by atoms with van der Waals surface area (Å²) in [6, 6.07) is 4.01. The van der Waals surface area contributed by atoms with Gasteiger partial charge in [0, 0.05) is 88.8 Å². The van der Waals surface area contributed by atoms with E-state index in [1.807, 2.05) is 0 Å². The van der Waals surface area contributed by atoms with Crippen LogP contribution in [0.1, 0.15) is 58.4 Å². The van der Waals surface area contributed by atoms with Gasteiger partial charge in [0.2, 0.25) is 23.6 Å². The molecule has 0 aromatic heterocycles. The first-order valence-corrected chi connectivity index (χ1v) is 16.6. The van der Waals surface area contributed by atoms with E-state index in [0.717, 1.165) is 17.1 Å². The van der Waals surface area contributed by atoms with Crippen molar-refractivity contribution in [3.8, 4) is 5.75 Å². The van der Waals surface area contributed by atoms with Crippen molar-refractivity contribution in [2.75, 3.05) is 51.8 Å².